The van der Waals surface area contributed by atoms with E-state index in [0.717, 1.165) is 11.3 Å². The van der Waals surface area contributed by atoms with Gasteiger partial charge in [0, 0.05) is 5.56 Å². The van der Waals surface area contributed by atoms with Crippen LogP contribution in [-0.2, 0) is 9.59 Å². The van der Waals surface area contributed by atoms with E-state index in [2.05, 4.69) is 0 Å². The monoisotopic (exact) mass is 678 g/mol. The summed E-state index contributed by atoms with van der Waals surface area (Å²) in [5.41, 5.74) is -0.0478. The van der Waals surface area contributed by atoms with Crippen molar-refractivity contribution in [3.05, 3.63) is 66.3 Å². The van der Waals surface area contributed by atoms with Crippen LogP contribution in [0.15, 0.2) is 45.8 Å². The van der Waals surface area contributed by atoms with Crippen molar-refractivity contribution in [1.82, 2.24) is 10.0 Å². The molecule has 2 heterocycles. The van der Waals surface area contributed by atoms with Crippen LogP contribution >= 0.6 is 104 Å². The second-order valence-electron chi connectivity index (χ2n) is 8.46. The molecule has 4 atom stereocenters. The first-order chi connectivity index (χ1) is 17.2. The van der Waals surface area contributed by atoms with Crippen molar-refractivity contribution in [1.29, 1.82) is 0 Å². The van der Waals surface area contributed by atoms with E-state index in [4.69, 9.17) is 92.8 Å². The minimum atomic E-state index is -2.14. The number of imide groups is 1. The Labute approximate surface area is 253 Å². The first-order valence-corrected chi connectivity index (χ1v) is 14.1. The number of hydrogen-bond acceptors (Lipinski definition) is 5. The third kappa shape index (κ3) is 3.52. The van der Waals surface area contributed by atoms with Gasteiger partial charge >= 0.3 is 0 Å². The van der Waals surface area contributed by atoms with E-state index in [9.17, 15) is 19.2 Å². The molecular formula is C22H10Cl8N2O4S. The molecule has 3 aliphatic rings. The predicted molar refractivity (Wildman–Crippen MR) is 145 cm³/mol. The van der Waals surface area contributed by atoms with Crippen molar-refractivity contribution >= 4 is 128 Å². The van der Waals surface area contributed by atoms with Crippen LogP contribution in [0.2, 0.25) is 10.0 Å². The van der Waals surface area contributed by atoms with E-state index in [1.54, 1.807) is 11.4 Å². The number of carbonyl (C=O) groups is 4. The third-order valence-corrected chi connectivity index (χ3v) is 12.5. The van der Waals surface area contributed by atoms with Crippen molar-refractivity contribution in [2.24, 2.45) is 11.8 Å². The second-order valence-corrected chi connectivity index (χ2v) is 13.5. The first kappa shape index (κ1) is 27.8. The number of halogens is 8. The summed E-state index contributed by atoms with van der Waals surface area (Å²) < 4.78 is -2.14. The van der Waals surface area contributed by atoms with Crippen molar-refractivity contribution < 1.29 is 19.2 Å². The van der Waals surface area contributed by atoms with Crippen LogP contribution in [0.3, 0.4) is 0 Å². The lowest BCUT2D eigenvalue weighted by molar-refractivity contribution is -0.154. The lowest BCUT2D eigenvalue weighted by Crippen LogP contribution is -2.56. The van der Waals surface area contributed by atoms with E-state index in [0.29, 0.717) is 14.9 Å². The number of ketones is 1. The Hall–Kier alpha value is -0.740. The number of rotatable bonds is 5. The number of nitrogens with zero attached hydrogens (tertiary/aromatic N) is 2. The Morgan fingerprint density at radius 3 is 1.95 bits per heavy atom. The number of Topliss-reactive ketones (excluding diaryl/α,β-unsaturated/α-hetero) is 1. The van der Waals surface area contributed by atoms with Gasteiger partial charge in [0.1, 0.15) is 16.3 Å². The van der Waals surface area contributed by atoms with Gasteiger partial charge in [0.15, 0.2) is 10.1 Å². The molecule has 1 aromatic carbocycles. The number of hydrogen-bond donors (Lipinski definition) is 0. The maximum absolute atomic E-state index is 13.8. The number of carbonyl (C=O) groups excluding carboxylic acids is 4. The molecule has 5 rings (SSSR count). The zero-order valence-electron chi connectivity index (χ0n) is 17.8. The molecule has 2 aromatic rings. The lowest BCUT2D eigenvalue weighted by atomic mass is 9.84. The standard InChI is InChI=1S/C22H10Cl8N2O4S/c23-9-4-3-8(6-10(9)24)17(34)31(7-11(33)12-2-1-5-37-12)32-18(35)13-14(19(32)36)21(28)16(26)15(25)20(13,27)22(21,29)30/h1-6,13-14H,7H2/t13-,14-,20-,21-/m1/s1. The highest BCUT2D eigenvalue weighted by Gasteiger charge is 2.88. The maximum atomic E-state index is 13.8. The molecule has 0 spiro atoms. The minimum absolute atomic E-state index is 0.0438. The molecule has 194 valence electrons. The largest absolute Gasteiger partial charge is 0.291 e. The highest BCUT2D eigenvalue weighted by molar-refractivity contribution is 7.12. The van der Waals surface area contributed by atoms with Crippen LogP contribution in [0.4, 0.5) is 0 Å². The summed E-state index contributed by atoms with van der Waals surface area (Å²) in [6.07, 6.45) is 0. The van der Waals surface area contributed by atoms with Gasteiger partial charge in [0.25, 0.3) is 17.7 Å². The zero-order chi connectivity index (χ0) is 27.2. The summed E-state index contributed by atoms with van der Waals surface area (Å²) in [5, 5.41) is 2.55. The first-order valence-electron chi connectivity index (χ1n) is 10.2. The van der Waals surface area contributed by atoms with Gasteiger partial charge in [-0.1, -0.05) is 75.7 Å². The number of alkyl halides is 4. The van der Waals surface area contributed by atoms with Crippen LogP contribution in [0.5, 0.6) is 0 Å². The number of allylic oxidation sites excluding steroid dienone is 2. The number of fused-ring (bicyclic) bond motifs is 5. The number of amides is 3. The molecule has 6 nitrogen and oxygen atoms in total. The van der Waals surface area contributed by atoms with Gasteiger partial charge in [-0.05, 0) is 29.6 Å². The van der Waals surface area contributed by atoms with E-state index in [-0.39, 0.29) is 25.7 Å². The summed E-state index contributed by atoms with van der Waals surface area (Å²) in [6.45, 7) is -0.678. The topological polar surface area (TPSA) is 74.8 Å². The van der Waals surface area contributed by atoms with Gasteiger partial charge in [-0.15, -0.1) is 34.5 Å². The molecule has 0 radical (unpaired) electrons. The van der Waals surface area contributed by atoms with Crippen LogP contribution in [0, 0.1) is 11.8 Å². The van der Waals surface area contributed by atoms with Crippen LogP contribution < -0.4 is 0 Å². The van der Waals surface area contributed by atoms with Gasteiger partial charge in [0.05, 0.1) is 36.8 Å². The van der Waals surface area contributed by atoms with Gasteiger partial charge in [-0.2, -0.15) is 5.01 Å². The molecule has 2 fully saturated rings. The van der Waals surface area contributed by atoms with Crippen molar-refractivity contribution in [2.45, 2.75) is 14.1 Å². The quantitative estimate of drug-likeness (QED) is 0.199. The molecule has 1 saturated heterocycles. The van der Waals surface area contributed by atoms with Crippen LogP contribution in [0.1, 0.15) is 20.0 Å². The van der Waals surface area contributed by atoms with Crippen LogP contribution in [-0.4, -0.2) is 54.1 Å². The summed E-state index contributed by atoms with van der Waals surface area (Å²) in [7, 11) is 0. The Morgan fingerprint density at radius 2 is 1.46 bits per heavy atom. The van der Waals surface area contributed by atoms with Gasteiger partial charge in [-0.25, -0.2) is 5.01 Å². The molecule has 1 aliphatic heterocycles. The highest BCUT2D eigenvalue weighted by atomic mass is 35.5. The van der Waals surface area contributed by atoms with Crippen molar-refractivity contribution in [3.63, 3.8) is 0 Å². The van der Waals surface area contributed by atoms with Gasteiger partial charge in [0.2, 0.25) is 0 Å². The van der Waals surface area contributed by atoms with Crippen molar-refractivity contribution in [3.8, 4) is 0 Å². The molecule has 2 aliphatic carbocycles. The molecule has 2 bridgehead atoms. The molecule has 0 unspecified atom stereocenters. The molecule has 1 aromatic heterocycles. The molecule has 37 heavy (non-hydrogen) atoms. The predicted octanol–water partition coefficient (Wildman–Crippen LogP) is 6.74. The Balaban J connectivity index is 1.61. The Morgan fingerprint density at radius 1 is 0.892 bits per heavy atom. The average Bonchev–Trinajstić information content (AvgIpc) is 3.53. The SMILES string of the molecule is O=C(CN(C(=O)c1ccc(Cl)c(Cl)c1)N1C(=O)[C@H]2[C@H](C1=O)[C@@]1(Cl)C(Cl)=C(Cl)[C@@]2(Cl)C1(Cl)Cl)c1cccs1. The highest BCUT2D eigenvalue weighted by Crippen LogP contribution is 2.77. The number of thiophene rings is 1. The fourth-order valence-electron chi connectivity index (χ4n) is 4.88. The molecule has 1 saturated carbocycles. The smallest absolute Gasteiger partial charge is 0.273 e. The van der Waals surface area contributed by atoms with E-state index in [1.165, 1.54) is 24.3 Å². The molecule has 15 heteroatoms. The fourth-order valence-corrected chi connectivity index (χ4v) is 8.77. The van der Waals surface area contributed by atoms with E-state index in [1.807, 2.05) is 0 Å². The number of benzene rings is 1. The minimum Gasteiger partial charge on any atom is -0.291 e. The maximum Gasteiger partial charge on any atom is 0.273 e. The third-order valence-electron chi connectivity index (χ3n) is 6.62. The normalized spacial score (nSPS) is 29.8. The van der Waals surface area contributed by atoms with Crippen LogP contribution in [0.25, 0.3) is 0 Å². The zero-order valence-corrected chi connectivity index (χ0v) is 24.6. The van der Waals surface area contributed by atoms with Crippen molar-refractivity contribution in [2.75, 3.05) is 6.54 Å². The molecule has 0 N–H and O–H groups in total. The van der Waals surface area contributed by atoms with Gasteiger partial charge in [-0.3, -0.25) is 19.2 Å². The fraction of sp³-hybridized carbons (Fsp3) is 0.273. The molecular weight excluding hydrogens is 672 g/mol. The van der Waals surface area contributed by atoms with E-state index >= 15 is 0 Å². The van der Waals surface area contributed by atoms with Gasteiger partial charge < -0.3 is 0 Å². The van der Waals surface area contributed by atoms with E-state index < -0.39 is 56.0 Å². The summed E-state index contributed by atoms with van der Waals surface area (Å²) >= 11 is 52.4. The lowest BCUT2D eigenvalue weighted by Gasteiger charge is -2.36. The summed E-state index contributed by atoms with van der Waals surface area (Å²) in [5.74, 6) is -6.35. The Bertz CT molecular complexity index is 1380. The average molecular weight is 682 g/mol. The summed E-state index contributed by atoms with van der Waals surface area (Å²) in [6, 6.07) is 7.12. The summed E-state index contributed by atoms with van der Waals surface area (Å²) in [4.78, 5) is 50.5. The number of hydrazine groups is 1. The molecule has 3 amide bonds. The second kappa shape index (κ2) is 9.15. The Kier molecular flexibility index (Phi) is 6.88.